The van der Waals surface area contributed by atoms with Gasteiger partial charge in [0.2, 0.25) is 10.0 Å². The van der Waals surface area contributed by atoms with Crippen molar-refractivity contribution in [2.75, 3.05) is 0 Å². The number of nitrogens with zero attached hydrogens (tertiary/aromatic N) is 1. The Hall–Kier alpha value is -1.37. The summed E-state index contributed by atoms with van der Waals surface area (Å²) in [4.78, 5) is 12.2. The Labute approximate surface area is 134 Å². The van der Waals surface area contributed by atoms with Crippen LogP contribution in [0.1, 0.15) is 25.7 Å². The summed E-state index contributed by atoms with van der Waals surface area (Å²) in [6.07, 6.45) is 2.93. The van der Waals surface area contributed by atoms with Crippen molar-refractivity contribution in [3.63, 3.8) is 0 Å². The molecule has 3 rings (SSSR count). The van der Waals surface area contributed by atoms with Gasteiger partial charge in [0.1, 0.15) is 0 Å². The Balaban J connectivity index is 2.05. The first-order valence-electron chi connectivity index (χ1n) is 7.11. The maximum absolute atomic E-state index is 12.9. The summed E-state index contributed by atoms with van der Waals surface area (Å²) < 4.78 is 27.3. The van der Waals surface area contributed by atoms with Crippen LogP contribution in [0, 0.1) is 0 Å². The van der Waals surface area contributed by atoms with E-state index in [1.807, 2.05) is 0 Å². The Kier molecular flexibility index (Phi) is 4.01. The molecule has 1 aromatic rings. The maximum Gasteiger partial charge on any atom is 0.243 e. The average molecular weight is 342 g/mol. The molecule has 0 aromatic heterocycles. The molecule has 0 aliphatic carbocycles. The van der Waals surface area contributed by atoms with E-state index in [-0.39, 0.29) is 28.7 Å². The first-order chi connectivity index (χ1) is 10.4. The molecule has 2 atom stereocenters. The molecule has 22 heavy (non-hydrogen) atoms. The second-order valence-corrected chi connectivity index (χ2v) is 7.88. The number of sulfonamides is 1. The standard InChI is InChI=1S/C15H16ClNO4S/c16-10-4-6-12(7-5-10)22(20,21)17-11-2-1-3-14(17)13(9-18)15(19)8-11/h4-7,9,11,14,18H,1-3,8H2/b13-9+. The van der Waals surface area contributed by atoms with Gasteiger partial charge in [-0.15, -0.1) is 0 Å². The molecule has 5 nitrogen and oxygen atoms in total. The molecule has 0 saturated carbocycles. The predicted molar refractivity (Wildman–Crippen MR) is 82.2 cm³/mol. The largest absolute Gasteiger partial charge is 0.515 e. The van der Waals surface area contributed by atoms with Crippen molar-refractivity contribution in [2.24, 2.45) is 0 Å². The van der Waals surface area contributed by atoms with Crippen LogP contribution < -0.4 is 0 Å². The van der Waals surface area contributed by atoms with Gasteiger partial charge in [-0.1, -0.05) is 11.6 Å². The molecule has 2 aliphatic heterocycles. The van der Waals surface area contributed by atoms with Gasteiger partial charge in [0.25, 0.3) is 0 Å². The molecular formula is C15H16ClNO4S. The first kappa shape index (κ1) is 15.5. The van der Waals surface area contributed by atoms with Crippen LogP contribution in [0.4, 0.5) is 0 Å². The molecule has 2 unspecified atom stereocenters. The predicted octanol–water partition coefficient (Wildman–Crippen LogP) is 2.67. The second-order valence-electron chi connectivity index (χ2n) is 5.60. The maximum atomic E-state index is 12.9. The number of carbonyl (C=O) groups excluding carboxylic acids is 1. The molecule has 2 bridgehead atoms. The third-order valence-electron chi connectivity index (χ3n) is 4.31. The monoisotopic (exact) mass is 341 g/mol. The summed E-state index contributed by atoms with van der Waals surface area (Å²) in [6.45, 7) is 0. The van der Waals surface area contributed by atoms with Crippen molar-refractivity contribution in [2.45, 2.75) is 42.7 Å². The fraction of sp³-hybridized carbons (Fsp3) is 0.400. The normalized spacial score (nSPS) is 28.0. The van der Waals surface area contributed by atoms with E-state index < -0.39 is 16.1 Å². The van der Waals surface area contributed by atoms with Crippen molar-refractivity contribution in [1.29, 1.82) is 0 Å². The lowest BCUT2D eigenvalue weighted by molar-refractivity contribution is -0.119. The van der Waals surface area contributed by atoms with Crippen LogP contribution in [-0.2, 0) is 14.8 Å². The zero-order chi connectivity index (χ0) is 15.9. The molecule has 1 aromatic carbocycles. The van der Waals surface area contributed by atoms with Gasteiger partial charge in [-0.25, -0.2) is 8.42 Å². The third kappa shape index (κ3) is 2.45. The Morgan fingerprint density at radius 1 is 1.23 bits per heavy atom. The highest BCUT2D eigenvalue weighted by Gasteiger charge is 2.47. The van der Waals surface area contributed by atoms with Crippen LogP contribution in [0.5, 0.6) is 0 Å². The Morgan fingerprint density at radius 2 is 1.91 bits per heavy atom. The number of hydrogen-bond donors (Lipinski definition) is 1. The SMILES string of the molecule is O=C1CC2CCCC(/C1=C\O)N2S(=O)(=O)c1ccc(Cl)cc1. The molecule has 2 fully saturated rings. The highest BCUT2D eigenvalue weighted by Crippen LogP contribution is 2.39. The number of fused-ring (bicyclic) bond motifs is 2. The smallest absolute Gasteiger partial charge is 0.243 e. The number of hydrogen-bond acceptors (Lipinski definition) is 4. The number of benzene rings is 1. The van der Waals surface area contributed by atoms with Crippen LogP contribution in [0.3, 0.4) is 0 Å². The van der Waals surface area contributed by atoms with Gasteiger partial charge in [0.05, 0.1) is 17.2 Å². The van der Waals surface area contributed by atoms with E-state index in [9.17, 15) is 18.3 Å². The number of halogens is 1. The number of ketones is 1. The molecule has 7 heteroatoms. The van der Waals surface area contributed by atoms with Crippen LogP contribution in [0.2, 0.25) is 5.02 Å². The first-order valence-corrected chi connectivity index (χ1v) is 8.93. The molecule has 2 saturated heterocycles. The zero-order valence-electron chi connectivity index (χ0n) is 11.8. The van der Waals surface area contributed by atoms with Crippen molar-refractivity contribution >= 4 is 27.4 Å². The minimum absolute atomic E-state index is 0.121. The van der Waals surface area contributed by atoms with Crippen molar-refractivity contribution < 1.29 is 18.3 Å². The van der Waals surface area contributed by atoms with Crippen molar-refractivity contribution in [1.82, 2.24) is 4.31 Å². The van der Waals surface area contributed by atoms with Gasteiger partial charge < -0.3 is 5.11 Å². The number of Topliss-reactive ketones (excluding diaryl/α,β-unsaturated/α-hetero) is 1. The average Bonchev–Trinajstić information content (AvgIpc) is 2.47. The summed E-state index contributed by atoms with van der Waals surface area (Å²) in [5.41, 5.74) is 0.188. The Morgan fingerprint density at radius 3 is 2.55 bits per heavy atom. The van der Waals surface area contributed by atoms with Crippen molar-refractivity contribution in [3.05, 3.63) is 41.1 Å². The molecule has 2 aliphatic rings. The number of aliphatic hydroxyl groups excluding tert-OH is 1. The second kappa shape index (κ2) is 5.68. The molecule has 1 N–H and O–H groups in total. The number of rotatable bonds is 2. The molecule has 0 spiro atoms. The number of carbonyl (C=O) groups is 1. The zero-order valence-corrected chi connectivity index (χ0v) is 13.3. The van der Waals surface area contributed by atoms with E-state index in [2.05, 4.69) is 0 Å². The summed E-state index contributed by atoms with van der Waals surface area (Å²) in [5, 5.41) is 9.80. The lowest BCUT2D eigenvalue weighted by Crippen LogP contribution is -2.56. The lowest BCUT2D eigenvalue weighted by atomic mass is 9.83. The minimum atomic E-state index is -3.73. The molecule has 0 amide bonds. The molecule has 118 valence electrons. The summed E-state index contributed by atoms with van der Waals surface area (Å²) >= 11 is 5.81. The van der Waals surface area contributed by atoms with E-state index in [1.165, 1.54) is 28.6 Å². The lowest BCUT2D eigenvalue weighted by Gasteiger charge is -2.44. The number of piperidine rings is 2. The van der Waals surface area contributed by atoms with Gasteiger partial charge in [-0.05, 0) is 43.5 Å². The summed E-state index contributed by atoms with van der Waals surface area (Å²) in [6, 6.07) is 5.07. The fourth-order valence-electron chi connectivity index (χ4n) is 3.31. The third-order valence-corrected chi connectivity index (χ3v) is 6.54. The minimum Gasteiger partial charge on any atom is -0.515 e. The van der Waals surface area contributed by atoms with Crippen LogP contribution in [0.15, 0.2) is 41.0 Å². The molecule has 0 radical (unpaired) electrons. The topological polar surface area (TPSA) is 74.7 Å². The van der Waals surface area contributed by atoms with E-state index in [4.69, 9.17) is 11.6 Å². The Bertz CT molecular complexity index is 726. The number of aliphatic hydroxyl groups is 1. The van der Waals surface area contributed by atoms with E-state index in [0.717, 1.165) is 12.7 Å². The summed E-state index contributed by atoms with van der Waals surface area (Å²) in [7, 11) is -3.73. The van der Waals surface area contributed by atoms with Crippen LogP contribution in [0.25, 0.3) is 0 Å². The molecule has 2 heterocycles. The quantitative estimate of drug-likeness (QED) is 0.663. The van der Waals surface area contributed by atoms with Gasteiger partial charge in [-0.3, -0.25) is 4.79 Å². The van der Waals surface area contributed by atoms with Crippen molar-refractivity contribution in [3.8, 4) is 0 Å². The fourth-order valence-corrected chi connectivity index (χ4v) is 5.28. The van der Waals surface area contributed by atoms with Gasteiger partial charge >= 0.3 is 0 Å². The van der Waals surface area contributed by atoms with Gasteiger partial charge in [0.15, 0.2) is 5.78 Å². The van der Waals surface area contributed by atoms with E-state index >= 15 is 0 Å². The highest BCUT2D eigenvalue weighted by molar-refractivity contribution is 7.89. The van der Waals surface area contributed by atoms with Gasteiger partial charge in [-0.2, -0.15) is 4.31 Å². The highest BCUT2D eigenvalue weighted by atomic mass is 35.5. The van der Waals surface area contributed by atoms with Crippen LogP contribution >= 0.6 is 11.6 Å². The molecular weight excluding hydrogens is 326 g/mol. The summed E-state index contributed by atoms with van der Waals surface area (Å²) in [5.74, 6) is -0.167. The van der Waals surface area contributed by atoms with E-state index in [1.54, 1.807) is 0 Å². The van der Waals surface area contributed by atoms with E-state index in [0.29, 0.717) is 17.9 Å². The van der Waals surface area contributed by atoms with Crippen LogP contribution in [-0.4, -0.2) is 35.7 Å². The van der Waals surface area contributed by atoms with Gasteiger partial charge in [0, 0.05) is 23.1 Å².